The Morgan fingerprint density at radius 3 is 2.05 bits per heavy atom. The molecule has 0 radical (unpaired) electrons. The fourth-order valence-electron chi connectivity index (χ4n) is 2.74. The number of hydrogen-bond acceptors (Lipinski definition) is 1. The highest BCUT2D eigenvalue weighted by atomic mass is 14.9. The largest absolute Gasteiger partial charge is 0.384 e. The summed E-state index contributed by atoms with van der Waals surface area (Å²) in [7, 11) is 0. The van der Waals surface area contributed by atoms with Crippen molar-refractivity contribution in [3.8, 4) is 0 Å². The third-order valence-electron chi connectivity index (χ3n) is 3.78. The fraction of sp³-hybridized carbons (Fsp3) is 0.368. The van der Waals surface area contributed by atoms with Gasteiger partial charge in [-0.15, -0.1) is 0 Å². The van der Waals surface area contributed by atoms with Crippen molar-refractivity contribution in [1.29, 1.82) is 0 Å². The van der Waals surface area contributed by atoms with E-state index >= 15 is 0 Å². The molecule has 0 bridgehead atoms. The monoisotopic (exact) mass is 267 g/mol. The fourth-order valence-corrected chi connectivity index (χ4v) is 2.74. The van der Waals surface area contributed by atoms with Crippen molar-refractivity contribution in [2.24, 2.45) is 5.92 Å². The summed E-state index contributed by atoms with van der Waals surface area (Å²) in [5.41, 5.74) is 5.27. The van der Waals surface area contributed by atoms with Crippen LogP contribution in [0.5, 0.6) is 0 Å². The summed E-state index contributed by atoms with van der Waals surface area (Å²) in [6, 6.07) is 17.4. The molecule has 0 aromatic heterocycles. The SMILES string of the molecule is Cc1cc(C)cc(NCC(c2ccccc2)C(C)C)c1. The van der Waals surface area contributed by atoms with E-state index in [-0.39, 0.29) is 0 Å². The Kier molecular flexibility index (Phi) is 4.84. The molecule has 1 nitrogen and oxygen atoms in total. The first-order valence-electron chi connectivity index (χ1n) is 7.43. The lowest BCUT2D eigenvalue weighted by molar-refractivity contribution is 0.517. The molecule has 0 heterocycles. The van der Waals surface area contributed by atoms with Crippen molar-refractivity contribution in [1.82, 2.24) is 0 Å². The van der Waals surface area contributed by atoms with Crippen LogP contribution in [0.4, 0.5) is 5.69 Å². The summed E-state index contributed by atoms with van der Waals surface area (Å²) < 4.78 is 0. The molecule has 0 fully saturated rings. The normalized spacial score (nSPS) is 12.4. The van der Waals surface area contributed by atoms with E-state index in [4.69, 9.17) is 0 Å². The third-order valence-corrected chi connectivity index (χ3v) is 3.78. The number of anilines is 1. The maximum Gasteiger partial charge on any atom is 0.0345 e. The molecular formula is C19H25N. The van der Waals surface area contributed by atoms with Gasteiger partial charge in [0.15, 0.2) is 0 Å². The average molecular weight is 267 g/mol. The highest BCUT2D eigenvalue weighted by molar-refractivity contribution is 5.48. The molecule has 20 heavy (non-hydrogen) atoms. The topological polar surface area (TPSA) is 12.0 Å². The molecule has 0 saturated carbocycles. The summed E-state index contributed by atoms with van der Waals surface area (Å²) in [4.78, 5) is 0. The van der Waals surface area contributed by atoms with E-state index < -0.39 is 0 Å². The lowest BCUT2D eigenvalue weighted by Crippen LogP contribution is -2.17. The van der Waals surface area contributed by atoms with E-state index in [0.717, 1.165) is 6.54 Å². The van der Waals surface area contributed by atoms with Crippen LogP contribution in [0, 0.1) is 19.8 Å². The maximum absolute atomic E-state index is 3.61. The van der Waals surface area contributed by atoms with Gasteiger partial charge in [-0.1, -0.05) is 50.2 Å². The average Bonchev–Trinajstić information content (AvgIpc) is 2.38. The molecule has 2 rings (SSSR count). The highest BCUT2D eigenvalue weighted by Gasteiger charge is 2.15. The minimum Gasteiger partial charge on any atom is -0.384 e. The van der Waals surface area contributed by atoms with Gasteiger partial charge < -0.3 is 5.32 Å². The first-order chi connectivity index (χ1) is 9.56. The zero-order chi connectivity index (χ0) is 14.5. The molecule has 0 aliphatic carbocycles. The summed E-state index contributed by atoms with van der Waals surface area (Å²) >= 11 is 0. The van der Waals surface area contributed by atoms with E-state index in [1.807, 2.05) is 0 Å². The Labute approximate surface area is 123 Å². The van der Waals surface area contributed by atoms with E-state index in [2.05, 4.69) is 81.5 Å². The molecule has 2 aromatic carbocycles. The van der Waals surface area contributed by atoms with Gasteiger partial charge in [0.25, 0.3) is 0 Å². The minimum absolute atomic E-state index is 0.539. The van der Waals surface area contributed by atoms with E-state index in [1.165, 1.54) is 22.4 Å². The molecule has 0 aliphatic heterocycles. The summed E-state index contributed by atoms with van der Waals surface area (Å²) in [6.07, 6.45) is 0. The number of aryl methyl sites for hydroxylation is 2. The van der Waals surface area contributed by atoms with Crippen molar-refractivity contribution >= 4 is 5.69 Å². The summed E-state index contributed by atoms with van der Waals surface area (Å²) in [6.45, 7) is 9.86. The van der Waals surface area contributed by atoms with Gasteiger partial charge in [0, 0.05) is 18.2 Å². The third kappa shape index (κ3) is 3.86. The van der Waals surface area contributed by atoms with Gasteiger partial charge in [-0.2, -0.15) is 0 Å². The van der Waals surface area contributed by atoms with Crippen molar-refractivity contribution in [2.75, 3.05) is 11.9 Å². The molecule has 1 N–H and O–H groups in total. The molecular weight excluding hydrogens is 242 g/mol. The van der Waals surface area contributed by atoms with Crippen molar-refractivity contribution < 1.29 is 0 Å². The highest BCUT2D eigenvalue weighted by Crippen LogP contribution is 2.25. The van der Waals surface area contributed by atoms with Crippen LogP contribution in [0.2, 0.25) is 0 Å². The zero-order valence-electron chi connectivity index (χ0n) is 13.0. The van der Waals surface area contributed by atoms with Gasteiger partial charge in [0.1, 0.15) is 0 Å². The maximum atomic E-state index is 3.61. The van der Waals surface area contributed by atoms with E-state index in [9.17, 15) is 0 Å². The van der Waals surface area contributed by atoms with Gasteiger partial charge in [0.05, 0.1) is 0 Å². The van der Waals surface area contributed by atoms with Gasteiger partial charge in [-0.05, 0) is 48.6 Å². The Balaban J connectivity index is 2.10. The molecule has 1 unspecified atom stereocenters. The number of benzene rings is 2. The van der Waals surface area contributed by atoms with Crippen molar-refractivity contribution in [3.05, 3.63) is 65.2 Å². The second-order valence-electron chi connectivity index (χ2n) is 6.02. The number of rotatable bonds is 5. The van der Waals surface area contributed by atoms with E-state index in [0.29, 0.717) is 11.8 Å². The molecule has 1 atom stereocenters. The van der Waals surface area contributed by atoms with E-state index in [1.54, 1.807) is 0 Å². The Bertz CT molecular complexity index is 523. The number of nitrogens with one attached hydrogen (secondary N) is 1. The van der Waals surface area contributed by atoms with Crippen LogP contribution in [0.15, 0.2) is 48.5 Å². The molecule has 1 heteroatoms. The standard InChI is InChI=1S/C19H25N/c1-14(2)19(17-8-6-5-7-9-17)13-20-18-11-15(3)10-16(4)12-18/h5-12,14,19-20H,13H2,1-4H3. The van der Waals surface area contributed by atoms with Gasteiger partial charge in [-0.25, -0.2) is 0 Å². The second-order valence-corrected chi connectivity index (χ2v) is 6.02. The van der Waals surface area contributed by atoms with Gasteiger partial charge in [-0.3, -0.25) is 0 Å². The Morgan fingerprint density at radius 1 is 0.900 bits per heavy atom. The molecule has 106 valence electrons. The first kappa shape index (κ1) is 14.6. The van der Waals surface area contributed by atoms with Crippen LogP contribution < -0.4 is 5.32 Å². The van der Waals surface area contributed by atoms with Crippen LogP contribution in [0.1, 0.15) is 36.5 Å². The van der Waals surface area contributed by atoms with Crippen LogP contribution in [0.3, 0.4) is 0 Å². The van der Waals surface area contributed by atoms with Crippen molar-refractivity contribution in [2.45, 2.75) is 33.6 Å². The van der Waals surface area contributed by atoms with Crippen LogP contribution in [-0.2, 0) is 0 Å². The summed E-state index contributed by atoms with van der Waals surface area (Å²) in [5, 5.41) is 3.61. The Morgan fingerprint density at radius 2 is 1.50 bits per heavy atom. The predicted molar refractivity (Wildman–Crippen MR) is 88.4 cm³/mol. The quantitative estimate of drug-likeness (QED) is 0.789. The lowest BCUT2D eigenvalue weighted by atomic mass is 9.88. The molecule has 0 spiro atoms. The van der Waals surface area contributed by atoms with Gasteiger partial charge >= 0.3 is 0 Å². The molecule has 2 aromatic rings. The van der Waals surface area contributed by atoms with Crippen LogP contribution in [0.25, 0.3) is 0 Å². The van der Waals surface area contributed by atoms with Crippen LogP contribution in [-0.4, -0.2) is 6.54 Å². The molecule has 0 amide bonds. The molecule has 0 saturated heterocycles. The molecule has 0 aliphatic rings. The minimum atomic E-state index is 0.539. The first-order valence-corrected chi connectivity index (χ1v) is 7.43. The Hall–Kier alpha value is -1.76. The predicted octanol–water partition coefficient (Wildman–Crippen LogP) is 5.16. The number of hydrogen-bond donors (Lipinski definition) is 1. The summed E-state index contributed by atoms with van der Waals surface area (Å²) in [5.74, 6) is 1.16. The van der Waals surface area contributed by atoms with Crippen LogP contribution >= 0.6 is 0 Å². The second kappa shape index (κ2) is 6.60. The smallest absolute Gasteiger partial charge is 0.0345 e. The zero-order valence-corrected chi connectivity index (χ0v) is 13.0. The van der Waals surface area contributed by atoms with Gasteiger partial charge in [0.2, 0.25) is 0 Å². The lowest BCUT2D eigenvalue weighted by Gasteiger charge is -2.22. The van der Waals surface area contributed by atoms with Crippen molar-refractivity contribution in [3.63, 3.8) is 0 Å².